The zero-order valence-electron chi connectivity index (χ0n) is 16.4. The highest BCUT2D eigenvalue weighted by molar-refractivity contribution is 5.93. The molecule has 8 nitrogen and oxygen atoms in total. The lowest BCUT2D eigenvalue weighted by Crippen LogP contribution is -2.30. The van der Waals surface area contributed by atoms with Crippen LogP contribution in [0, 0.1) is 0 Å². The molecule has 5 aromatic rings. The van der Waals surface area contributed by atoms with E-state index in [2.05, 4.69) is 30.8 Å². The van der Waals surface area contributed by atoms with E-state index in [4.69, 9.17) is 5.73 Å². The molecule has 1 amide bonds. The first-order valence-electron chi connectivity index (χ1n) is 9.46. The van der Waals surface area contributed by atoms with Gasteiger partial charge in [0.2, 0.25) is 0 Å². The number of hydrazine groups is 1. The average Bonchev–Trinajstić information content (AvgIpc) is 2.83. The lowest BCUT2D eigenvalue weighted by atomic mass is 10.2. The number of carbonyl (C=O) groups is 1. The van der Waals surface area contributed by atoms with Gasteiger partial charge in [-0.1, -0.05) is 12.1 Å². The Bertz CT molecular complexity index is 1330. The Labute approximate surface area is 178 Å². The van der Waals surface area contributed by atoms with Crippen molar-refractivity contribution >= 4 is 39.1 Å². The van der Waals surface area contributed by atoms with Crippen LogP contribution >= 0.6 is 0 Å². The quantitative estimate of drug-likeness (QED) is 0.308. The van der Waals surface area contributed by atoms with Crippen LogP contribution in [0.2, 0.25) is 0 Å². The van der Waals surface area contributed by atoms with E-state index >= 15 is 0 Å². The highest BCUT2D eigenvalue weighted by atomic mass is 16.2. The molecular formula is C23H19N7O. The number of pyridine rings is 2. The Kier molecular flexibility index (Phi) is 5.90. The van der Waals surface area contributed by atoms with Crippen LogP contribution in [0.25, 0.3) is 21.8 Å². The van der Waals surface area contributed by atoms with Crippen LogP contribution in [0.4, 0.5) is 11.4 Å². The van der Waals surface area contributed by atoms with Gasteiger partial charge in [0.05, 0.1) is 22.9 Å². The summed E-state index contributed by atoms with van der Waals surface area (Å²) in [5, 5.41) is 2.08. The fourth-order valence-electron chi connectivity index (χ4n) is 2.86. The summed E-state index contributed by atoms with van der Waals surface area (Å²) in [7, 11) is 0. The Morgan fingerprint density at radius 3 is 2.19 bits per heavy atom. The number of amides is 1. The lowest BCUT2D eigenvalue weighted by molar-refractivity contribution is 0.0957. The van der Waals surface area contributed by atoms with E-state index in [9.17, 15) is 4.79 Å². The van der Waals surface area contributed by atoms with E-state index in [1.54, 1.807) is 12.4 Å². The van der Waals surface area contributed by atoms with Gasteiger partial charge in [-0.3, -0.25) is 30.6 Å². The molecule has 8 heteroatoms. The molecule has 3 heterocycles. The summed E-state index contributed by atoms with van der Waals surface area (Å²) in [5.41, 5.74) is 14.7. The summed E-state index contributed by atoms with van der Waals surface area (Å²) < 4.78 is 0. The Morgan fingerprint density at radius 1 is 0.774 bits per heavy atom. The second-order valence-electron chi connectivity index (χ2n) is 6.54. The van der Waals surface area contributed by atoms with E-state index in [-0.39, 0.29) is 11.6 Å². The third kappa shape index (κ3) is 5.07. The van der Waals surface area contributed by atoms with Crippen molar-refractivity contribution in [3.8, 4) is 0 Å². The maximum absolute atomic E-state index is 11.8. The minimum Gasteiger partial charge on any atom is -0.399 e. The van der Waals surface area contributed by atoms with E-state index in [0.717, 1.165) is 33.2 Å². The van der Waals surface area contributed by atoms with Crippen molar-refractivity contribution in [2.24, 2.45) is 0 Å². The van der Waals surface area contributed by atoms with E-state index < -0.39 is 0 Å². The van der Waals surface area contributed by atoms with Crippen molar-refractivity contribution in [1.29, 1.82) is 0 Å². The maximum atomic E-state index is 11.8. The number of hydrogen-bond acceptors (Lipinski definition) is 7. The molecule has 0 unspecified atom stereocenters. The van der Waals surface area contributed by atoms with Crippen LogP contribution in [0.3, 0.4) is 0 Å². The van der Waals surface area contributed by atoms with Crippen molar-refractivity contribution in [2.45, 2.75) is 0 Å². The van der Waals surface area contributed by atoms with Gasteiger partial charge in [0, 0.05) is 41.2 Å². The number of anilines is 2. The summed E-state index contributed by atoms with van der Waals surface area (Å²) in [4.78, 5) is 28.0. The molecule has 0 aliphatic rings. The van der Waals surface area contributed by atoms with Crippen LogP contribution < -0.4 is 16.6 Å². The van der Waals surface area contributed by atoms with Crippen molar-refractivity contribution in [1.82, 2.24) is 25.4 Å². The maximum Gasteiger partial charge on any atom is 0.289 e. The number of aromatic nitrogens is 4. The van der Waals surface area contributed by atoms with Gasteiger partial charge in [-0.15, -0.1) is 0 Å². The van der Waals surface area contributed by atoms with Gasteiger partial charge < -0.3 is 5.73 Å². The minimum absolute atomic E-state index is 0.252. The summed E-state index contributed by atoms with van der Waals surface area (Å²) >= 11 is 0. The van der Waals surface area contributed by atoms with Crippen LogP contribution in [0.15, 0.2) is 91.6 Å². The summed E-state index contributed by atoms with van der Waals surface area (Å²) in [6.07, 6.45) is 7.91. The number of nitrogens with one attached hydrogen (secondary N) is 2. The number of hydrogen-bond donors (Lipinski definition) is 3. The van der Waals surface area contributed by atoms with Gasteiger partial charge in [0.15, 0.2) is 0 Å². The van der Waals surface area contributed by atoms with E-state index in [1.165, 1.54) is 18.6 Å². The van der Waals surface area contributed by atoms with Crippen molar-refractivity contribution in [3.05, 3.63) is 97.3 Å². The standard InChI is InChI=1S/C14H11N5O.C9H8N2/c20-14(13-9-15-6-7-17-13)19-18-11-3-4-12-10(8-11)2-1-5-16-12;10-8-3-4-9-7(6-8)2-1-5-11-9/h1-9,18H,(H,19,20);1-6H,10H2. The minimum atomic E-state index is -0.343. The Morgan fingerprint density at radius 2 is 1.48 bits per heavy atom. The van der Waals surface area contributed by atoms with Crippen molar-refractivity contribution < 1.29 is 4.79 Å². The number of fused-ring (bicyclic) bond motifs is 2. The van der Waals surface area contributed by atoms with Gasteiger partial charge >= 0.3 is 0 Å². The van der Waals surface area contributed by atoms with Gasteiger partial charge in [-0.25, -0.2) is 4.98 Å². The molecule has 0 radical (unpaired) electrons. The number of rotatable bonds is 3. The molecule has 0 aliphatic carbocycles. The lowest BCUT2D eigenvalue weighted by Gasteiger charge is -2.08. The normalized spacial score (nSPS) is 10.2. The van der Waals surface area contributed by atoms with Gasteiger partial charge in [0.25, 0.3) is 5.91 Å². The number of carbonyl (C=O) groups excluding carboxylic acids is 1. The predicted molar refractivity (Wildman–Crippen MR) is 121 cm³/mol. The highest BCUT2D eigenvalue weighted by Crippen LogP contribution is 2.16. The number of nitrogen functional groups attached to an aromatic ring is 1. The fourth-order valence-corrected chi connectivity index (χ4v) is 2.86. The molecule has 2 aromatic carbocycles. The number of nitrogens with zero attached hydrogens (tertiary/aromatic N) is 4. The highest BCUT2D eigenvalue weighted by Gasteiger charge is 2.06. The molecule has 5 rings (SSSR count). The van der Waals surface area contributed by atoms with Crippen molar-refractivity contribution in [2.75, 3.05) is 11.2 Å². The number of benzene rings is 2. The zero-order chi connectivity index (χ0) is 21.5. The predicted octanol–water partition coefficient (Wildman–Crippen LogP) is 3.60. The molecule has 0 bridgehead atoms. The second kappa shape index (κ2) is 9.27. The largest absolute Gasteiger partial charge is 0.399 e. The summed E-state index contributed by atoms with van der Waals surface area (Å²) in [5.74, 6) is -0.343. The number of nitrogens with two attached hydrogens (primary N) is 1. The molecule has 0 saturated carbocycles. The fraction of sp³-hybridized carbons (Fsp3) is 0. The van der Waals surface area contributed by atoms with E-state index in [1.807, 2.05) is 60.7 Å². The molecule has 4 N–H and O–H groups in total. The average molecular weight is 409 g/mol. The molecule has 0 atom stereocenters. The summed E-state index contributed by atoms with van der Waals surface area (Å²) in [6.45, 7) is 0. The van der Waals surface area contributed by atoms with Crippen LogP contribution in [0.1, 0.15) is 10.5 Å². The molecular weight excluding hydrogens is 390 g/mol. The summed E-state index contributed by atoms with van der Waals surface area (Å²) in [6, 6.07) is 19.0. The SMILES string of the molecule is Nc1ccc2ncccc2c1.O=C(NNc1ccc2ncccc2c1)c1cnccn1. The van der Waals surface area contributed by atoms with Gasteiger partial charge in [0.1, 0.15) is 5.69 Å². The first-order valence-corrected chi connectivity index (χ1v) is 9.46. The molecule has 0 fully saturated rings. The molecule has 0 saturated heterocycles. The van der Waals surface area contributed by atoms with E-state index in [0.29, 0.717) is 0 Å². The molecule has 31 heavy (non-hydrogen) atoms. The van der Waals surface area contributed by atoms with Crippen LogP contribution in [-0.4, -0.2) is 25.8 Å². The van der Waals surface area contributed by atoms with Gasteiger partial charge in [-0.2, -0.15) is 0 Å². The van der Waals surface area contributed by atoms with Crippen LogP contribution in [0.5, 0.6) is 0 Å². The van der Waals surface area contributed by atoms with Crippen molar-refractivity contribution in [3.63, 3.8) is 0 Å². The topological polar surface area (TPSA) is 119 Å². The van der Waals surface area contributed by atoms with Gasteiger partial charge in [-0.05, 0) is 48.5 Å². The second-order valence-corrected chi connectivity index (χ2v) is 6.54. The zero-order valence-corrected chi connectivity index (χ0v) is 16.4. The third-order valence-electron chi connectivity index (χ3n) is 4.35. The Hall–Kier alpha value is -4.59. The van der Waals surface area contributed by atoms with Crippen LogP contribution in [-0.2, 0) is 0 Å². The Balaban J connectivity index is 0.000000177. The smallest absolute Gasteiger partial charge is 0.289 e. The first kappa shape index (κ1) is 19.7. The monoisotopic (exact) mass is 409 g/mol. The third-order valence-corrected chi connectivity index (χ3v) is 4.35. The molecule has 0 spiro atoms. The molecule has 3 aromatic heterocycles. The molecule has 152 valence electrons. The first-order chi connectivity index (χ1) is 15.2. The molecule has 0 aliphatic heterocycles.